The second-order valence-electron chi connectivity index (χ2n) is 26.3. The SMILES string of the molecule is CCCCCCCCCCCCCCCCCCCCCCC/C=C/C(O)C(CO)NC(=O)CCCCCCCCCCCCCCCC/C=C\CCCCCCCCCCCCCCOC(=O)CCCCCCCCCCCCCCC. The molecule has 0 aliphatic rings. The first-order chi connectivity index (χ1) is 41.0. The standard InChI is InChI=1S/C77H149NO5/c1-3-5-7-9-11-13-15-17-18-19-20-21-30-33-36-39-42-46-49-53-57-61-65-69-75(80)74(73-79)78-76(81)70-66-62-58-54-50-47-43-40-37-34-31-28-26-24-22-23-25-27-29-32-35-38-41-44-48-52-56-60-64-68-72-83-77(82)71-67-63-59-55-51-45-16-14-12-10-8-6-4-2/h23,25,65,69,74-75,79-80H,3-22,24,26-64,66-68,70-73H2,1-2H3,(H,78,81)/b25-23-,69-65+. The van der Waals surface area contributed by atoms with E-state index in [0.29, 0.717) is 19.4 Å². The number of unbranched alkanes of at least 4 members (excludes halogenated alkanes) is 59. The zero-order valence-corrected chi connectivity index (χ0v) is 56.5. The Kier molecular flexibility index (Phi) is 71.4. The molecular weight excluding hydrogens is 1020 g/mol. The van der Waals surface area contributed by atoms with Gasteiger partial charge in [0.2, 0.25) is 5.91 Å². The summed E-state index contributed by atoms with van der Waals surface area (Å²) in [5, 5.41) is 23.3. The van der Waals surface area contributed by atoms with Gasteiger partial charge in [-0.05, 0) is 57.8 Å². The van der Waals surface area contributed by atoms with E-state index < -0.39 is 12.1 Å². The van der Waals surface area contributed by atoms with Gasteiger partial charge in [-0.3, -0.25) is 9.59 Å². The minimum atomic E-state index is -0.845. The van der Waals surface area contributed by atoms with Gasteiger partial charge in [-0.15, -0.1) is 0 Å². The molecule has 6 nitrogen and oxygen atoms in total. The highest BCUT2D eigenvalue weighted by molar-refractivity contribution is 5.76. The molecule has 3 N–H and O–H groups in total. The van der Waals surface area contributed by atoms with Crippen LogP contribution in [-0.2, 0) is 14.3 Å². The Bertz CT molecular complexity index is 1300. The van der Waals surface area contributed by atoms with Crippen molar-refractivity contribution in [2.24, 2.45) is 0 Å². The van der Waals surface area contributed by atoms with Crippen molar-refractivity contribution in [2.45, 2.75) is 443 Å². The van der Waals surface area contributed by atoms with Crippen LogP contribution < -0.4 is 5.32 Å². The lowest BCUT2D eigenvalue weighted by Crippen LogP contribution is -2.45. The highest BCUT2D eigenvalue weighted by Crippen LogP contribution is 2.19. The van der Waals surface area contributed by atoms with Crippen LogP contribution in [0.2, 0.25) is 0 Å². The van der Waals surface area contributed by atoms with Gasteiger partial charge in [0.1, 0.15) is 0 Å². The molecule has 0 saturated carbocycles. The summed E-state index contributed by atoms with van der Waals surface area (Å²) in [7, 11) is 0. The van der Waals surface area contributed by atoms with Gasteiger partial charge in [-0.1, -0.05) is 385 Å². The van der Waals surface area contributed by atoms with E-state index in [2.05, 4.69) is 31.3 Å². The van der Waals surface area contributed by atoms with Gasteiger partial charge in [0.05, 0.1) is 25.4 Å². The molecule has 6 heteroatoms. The number of amides is 1. The Balaban J connectivity index is 3.39. The predicted molar refractivity (Wildman–Crippen MR) is 366 cm³/mol. The summed E-state index contributed by atoms with van der Waals surface area (Å²) in [6.45, 7) is 4.95. The first kappa shape index (κ1) is 81.3. The van der Waals surface area contributed by atoms with Crippen LogP contribution in [0.3, 0.4) is 0 Å². The van der Waals surface area contributed by atoms with Crippen molar-refractivity contribution in [1.29, 1.82) is 0 Å². The van der Waals surface area contributed by atoms with Crippen molar-refractivity contribution < 1.29 is 24.5 Å². The third-order valence-corrected chi connectivity index (χ3v) is 18.0. The molecule has 2 unspecified atom stereocenters. The number of carbonyl (C=O) groups excluding carboxylic acids is 2. The van der Waals surface area contributed by atoms with Crippen LogP contribution in [0.4, 0.5) is 0 Å². The maximum Gasteiger partial charge on any atom is 0.305 e. The molecule has 0 aliphatic heterocycles. The van der Waals surface area contributed by atoms with Crippen molar-refractivity contribution in [3.63, 3.8) is 0 Å². The number of aliphatic hydroxyl groups excluding tert-OH is 2. The zero-order valence-electron chi connectivity index (χ0n) is 56.5. The van der Waals surface area contributed by atoms with Crippen molar-refractivity contribution in [3.8, 4) is 0 Å². The third kappa shape index (κ3) is 69.3. The first-order valence-electron chi connectivity index (χ1n) is 38.1. The van der Waals surface area contributed by atoms with Gasteiger partial charge in [0.15, 0.2) is 0 Å². The van der Waals surface area contributed by atoms with E-state index >= 15 is 0 Å². The molecule has 0 heterocycles. The molecule has 83 heavy (non-hydrogen) atoms. The quantitative estimate of drug-likeness (QED) is 0.0320. The predicted octanol–water partition coefficient (Wildman–Crippen LogP) is 24.9. The lowest BCUT2D eigenvalue weighted by molar-refractivity contribution is -0.143. The number of ether oxygens (including phenoxy) is 1. The van der Waals surface area contributed by atoms with Crippen molar-refractivity contribution in [2.75, 3.05) is 13.2 Å². The highest BCUT2D eigenvalue weighted by atomic mass is 16.5. The molecule has 2 atom stereocenters. The van der Waals surface area contributed by atoms with Crippen molar-refractivity contribution >= 4 is 11.9 Å². The van der Waals surface area contributed by atoms with Gasteiger partial charge in [0, 0.05) is 12.8 Å². The number of nitrogens with one attached hydrogen (secondary N) is 1. The van der Waals surface area contributed by atoms with Crippen molar-refractivity contribution in [3.05, 3.63) is 24.3 Å². The highest BCUT2D eigenvalue weighted by Gasteiger charge is 2.18. The maximum absolute atomic E-state index is 12.5. The number of hydrogen-bond acceptors (Lipinski definition) is 5. The molecule has 492 valence electrons. The Labute approximate surface area is 520 Å². The van der Waals surface area contributed by atoms with Crippen LogP contribution >= 0.6 is 0 Å². The number of aliphatic hydroxyl groups is 2. The minimum absolute atomic E-state index is 0.0192. The minimum Gasteiger partial charge on any atom is -0.466 e. The lowest BCUT2D eigenvalue weighted by atomic mass is 10.0. The van der Waals surface area contributed by atoms with E-state index in [1.807, 2.05) is 6.08 Å². The van der Waals surface area contributed by atoms with Crippen LogP contribution in [0, 0.1) is 0 Å². The van der Waals surface area contributed by atoms with Gasteiger partial charge < -0.3 is 20.3 Å². The molecule has 0 fully saturated rings. The van der Waals surface area contributed by atoms with E-state index in [1.54, 1.807) is 6.08 Å². The summed E-state index contributed by atoms with van der Waals surface area (Å²) in [5.74, 6) is -0.0423. The van der Waals surface area contributed by atoms with Crippen LogP contribution in [-0.4, -0.2) is 47.4 Å². The molecule has 0 saturated heterocycles. The van der Waals surface area contributed by atoms with Crippen LogP contribution in [0.25, 0.3) is 0 Å². The molecule has 0 rings (SSSR count). The van der Waals surface area contributed by atoms with E-state index in [9.17, 15) is 19.8 Å². The second-order valence-corrected chi connectivity index (χ2v) is 26.3. The van der Waals surface area contributed by atoms with Crippen LogP contribution in [0.15, 0.2) is 24.3 Å². The van der Waals surface area contributed by atoms with Gasteiger partial charge in [-0.25, -0.2) is 0 Å². The maximum atomic E-state index is 12.5. The molecular formula is C77H149NO5. The van der Waals surface area contributed by atoms with Crippen LogP contribution in [0.5, 0.6) is 0 Å². The number of rotatable bonds is 72. The second kappa shape index (κ2) is 72.8. The Morgan fingerprint density at radius 1 is 0.325 bits per heavy atom. The Morgan fingerprint density at radius 3 is 0.855 bits per heavy atom. The fourth-order valence-electron chi connectivity index (χ4n) is 12.2. The number of hydrogen-bond donors (Lipinski definition) is 3. The molecule has 0 aliphatic carbocycles. The summed E-state index contributed by atoms with van der Waals surface area (Å²) < 4.78 is 5.49. The monoisotopic (exact) mass is 1170 g/mol. The zero-order chi connectivity index (χ0) is 59.9. The Hall–Kier alpha value is -1.66. The van der Waals surface area contributed by atoms with Gasteiger partial charge in [0.25, 0.3) is 0 Å². The molecule has 0 bridgehead atoms. The molecule has 0 aromatic rings. The van der Waals surface area contributed by atoms with E-state index in [4.69, 9.17) is 4.74 Å². The molecule has 0 radical (unpaired) electrons. The Morgan fingerprint density at radius 2 is 0.566 bits per heavy atom. The molecule has 0 aromatic carbocycles. The summed E-state index contributed by atoms with van der Waals surface area (Å²) in [4.78, 5) is 24.6. The van der Waals surface area contributed by atoms with E-state index in [0.717, 1.165) is 38.5 Å². The summed E-state index contributed by atoms with van der Waals surface area (Å²) >= 11 is 0. The fraction of sp³-hybridized carbons (Fsp3) is 0.922. The molecule has 0 spiro atoms. The number of esters is 1. The van der Waals surface area contributed by atoms with Gasteiger partial charge in [-0.2, -0.15) is 0 Å². The van der Waals surface area contributed by atoms with Gasteiger partial charge >= 0.3 is 5.97 Å². The smallest absolute Gasteiger partial charge is 0.305 e. The average Bonchev–Trinajstić information content (AvgIpc) is 3.49. The normalized spacial score (nSPS) is 12.6. The fourth-order valence-corrected chi connectivity index (χ4v) is 12.2. The average molecular weight is 1170 g/mol. The summed E-state index contributed by atoms with van der Waals surface area (Å²) in [5.41, 5.74) is 0. The summed E-state index contributed by atoms with van der Waals surface area (Å²) in [6.07, 6.45) is 92.8. The number of allylic oxidation sites excluding steroid dienone is 3. The first-order valence-corrected chi connectivity index (χ1v) is 38.1. The lowest BCUT2D eigenvalue weighted by Gasteiger charge is -2.20. The number of carbonyl (C=O) groups is 2. The van der Waals surface area contributed by atoms with E-state index in [-0.39, 0.29) is 18.5 Å². The van der Waals surface area contributed by atoms with E-state index in [1.165, 1.54) is 366 Å². The third-order valence-electron chi connectivity index (χ3n) is 18.0. The van der Waals surface area contributed by atoms with Crippen LogP contribution in [0.1, 0.15) is 431 Å². The van der Waals surface area contributed by atoms with Crippen molar-refractivity contribution in [1.82, 2.24) is 5.32 Å². The summed E-state index contributed by atoms with van der Waals surface area (Å²) in [6, 6.07) is -0.628. The molecule has 0 aromatic heterocycles. The largest absolute Gasteiger partial charge is 0.466 e. The topological polar surface area (TPSA) is 95.9 Å². The molecule has 1 amide bonds.